The number of carbonyl (C=O) groups is 2. The van der Waals surface area contributed by atoms with Crippen molar-refractivity contribution in [3.63, 3.8) is 0 Å². The van der Waals surface area contributed by atoms with Gasteiger partial charge in [-0.05, 0) is 41.7 Å². The standard InChI is InChI=1S/C19H21NO4/c1-13-5-4-8-20(11-13)18(22)12-24-19(23)16-9-14-6-2-3-7-15(14)10-17(16)21/h2-3,6-7,9-10,13,21H,4-5,8,11-12H2,1H3/t13-/m0/s1. The van der Waals surface area contributed by atoms with Crippen LogP contribution in [-0.2, 0) is 9.53 Å². The number of nitrogens with zero attached hydrogens (tertiary/aromatic N) is 1. The van der Waals surface area contributed by atoms with Crippen molar-refractivity contribution >= 4 is 22.6 Å². The lowest BCUT2D eigenvalue weighted by Gasteiger charge is -2.30. The zero-order valence-corrected chi connectivity index (χ0v) is 13.7. The van der Waals surface area contributed by atoms with Gasteiger partial charge in [-0.2, -0.15) is 0 Å². The molecule has 0 aromatic heterocycles. The van der Waals surface area contributed by atoms with Gasteiger partial charge in [0, 0.05) is 13.1 Å². The molecule has 1 N–H and O–H groups in total. The van der Waals surface area contributed by atoms with E-state index in [9.17, 15) is 14.7 Å². The lowest BCUT2D eigenvalue weighted by atomic mass is 10.0. The van der Waals surface area contributed by atoms with E-state index in [1.165, 1.54) is 6.07 Å². The lowest BCUT2D eigenvalue weighted by Crippen LogP contribution is -2.41. The Morgan fingerprint density at radius 2 is 1.96 bits per heavy atom. The number of hydrogen-bond donors (Lipinski definition) is 1. The van der Waals surface area contributed by atoms with Gasteiger partial charge < -0.3 is 14.7 Å². The quantitative estimate of drug-likeness (QED) is 0.880. The number of phenols is 1. The highest BCUT2D eigenvalue weighted by atomic mass is 16.5. The summed E-state index contributed by atoms with van der Waals surface area (Å²) in [4.78, 5) is 26.1. The maximum absolute atomic E-state index is 12.2. The van der Waals surface area contributed by atoms with E-state index in [1.54, 1.807) is 11.0 Å². The Kier molecular flexibility index (Phi) is 4.69. The monoisotopic (exact) mass is 327 g/mol. The predicted molar refractivity (Wildman–Crippen MR) is 90.9 cm³/mol. The Morgan fingerprint density at radius 3 is 2.67 bits per heavy atom. The third kappa shape index (κ3) is 3.50. The van der Waals surface area contributed by atoms with Crippen LogP contribution < -0.4 is 0 Å². The lowest BCUT2D eigenvalue weighted by molar-refractivity contribution is -0.136. The molecule has 0 saturated carbocycles. The van der Waals surface area contributed by atoms with Crippen molar-refractivity contribution in [3.05, 3.63) is 42.0 Å². The molecule has 0 radical (unpaired) electrons. The van der Waals surface area contributed by atoms with Gasteiger partial charge in [-0.25, -0.2) is 4.79 Å². The summed E-state index contributed by atoms with van der Waals surface area (Å²) in [7, 11) is 0. The fraction of sp³-hybridized carbons (Fsp3) is 0.368. The van der Waals surface area contributed by atoms with Crippen LogP contribution in [0, 0.1) is 5.92 Å². The van der Waals surface area contributed by atoms with Gasteiger partial charge in [-0.1, -0.05) is 31.2 Å². The number of phenolic OH excluding ortho intramolecular Hbond substituents is 1. The first-order valence-electron chi connectivity index (χ1n) is 8.21. The van der Waals surface area contributed by atoms with Crippen LogP contribution in [0.2, 0.25) is 0 Å². The van der Waals surface area contributed by atoms with Crippen molar-refractivity contribution in [2.75, 3.05) is 19.7 Å². The van der Waals surface area contributed by atoms with Crippen LogP contribution >= 0.6 is 0 Å². The van der Waals surface area contributed by atoms with E-state index in [0.29, 0.717) is 19.0 Å². The third-order valence-corrected chi connectivity index (χ3v) is 4.42. The molecule has 0 aliphatic carbocycles. The zero-order valence-electron chi connectivity index (χ0n) is 13.7. The van der Waals surface area contributed by atoms with Crippen LogP contribution in [0.1, 0.15) is 30.1 Å². The van der Waals surface area contributed by atoms with Gasteiger partial charge in [0.05, 0.1) is 0 Å². The van der Waals surface area contributed by atoms with Gasteiger partial charge >= 0.3 is 5.97 Å². The summed E-state index contributed by atoms with van der Waals surface area (Å²) in [6.45, 7) is 3.23. The first kappa shape index (κ1) is 16.3. The third-order valence-electron chi connectivity index (χ3n) is 4.42. The molecule has 2 aromatic carbocycles. The molecule has 1 saturated heterocycles. The van der Waals surface area contributed by atoms with Crippen molar-refractivity contribution in [2.24, 2.45) is 5.92 Å². The van der Waals surface area contributed by atoms with E-state index >= 15 is 0 Å². The van der Waals surface area contributed by atoms with Crippen molar-refractivity contribution in [3.8, 4) is 5.75 Å². The highest BCUT2D eigenvalue weighted by molar-refractivity contribution is 5.99. The molecule has 1 atom stereocenters. The van der Waals surface area contributed by atoms with E-state index in [4.69, 9.17) is 4.74 Å². The number of ether oxygens (including phenoxy) is 1. The second kappa shape index (κ2) is 6.91. The van der Waals surface area contributed by atoms with Gasteiger partial charge in [0.15, 0.2) is 6.61 Å². The van der Waals surface area contributed by atoms with Gasteiger partial charge in [-0.15, -0.1) is 0 Å². The number of piperidine rings is 1. The predicted octanol–water partition coefficient (Wildman–Crippen LogP) is 2.96. The van der Waals surface area contributed by atoms with E-state index < -0.39 is 5.97 Å². The van der Waals surface area contributed by atoms with Crippen molar-refractivity contribution in [1.82, 2.24) is 4.90 Å². The summed E-state index contributed by atoms with van der Waals surface area (Å²) in [5, 5.41) is 11.7. The molecule has 126 valence electrons. The average molecular weight is 327 g/mol. The summed E-state index contributed by atoms with van der Waals surface area (Å²) in [6, 6.07) is 10.5. The molecule has 0 bridgehead atoms. The van der Waals surface area contributed by atoms with Crippen LogP contribution in [0.5, 0.6) is 5.75 Å². The Morgan fingerprint density at radius 1 is 1.25 bits per heavy atom. The minimum Gasteiger partial charge on any atom is -0.507 e. The van der Waals surface area contributed by atoms with E-state index in [1.807, 2.05) is 24.3 Å². The molecule has 5 heteroatoms. The molecule has 0 spiro atoms. The number of likely N-dealkylation sites (tertiary alicyclic amines) is 1. The molecule has 1 aliphatic heterocycles. The number of aromatic hydroxyl groups is 1. The number of esters is 1. The van der Waals surface area contributed by atoms with Gasteiger partial charge in [-0.3, -0.25) is 4.79 Å². The van der Waals surface area contributed by atoms with Gasteiger partial charge in [0.2, 0.25) is 0 Å². The van der Waals surface area contributed by atoms with E-state index in [-0.39, 0.29) is 23.8 Å². The second-order valence-electron chi connectivity index (χ2n) is 6.38. The molecular formula is C19H21NO4. The highest BCUT2D eigenvalue weighted by Gasteiger charge is 2.22. The topological polar surface area (TPSA) is 66.8 Å². The Balaban J connectivity index is 1.66. The van der Waals surface area contributed by atoms with Gasteiger partial charge in [0.25, 0.3) is 5.91 Å². The molecule has 0 unspecified atom stereocenters. The molecule has 1 heterocycles. The van der Waals surface area contributed by atoms with Crippen LogP contribution in [0.3, 0.4) is 0 Å². The maximum Gasteiger partial charge on any atom is 0.342 e. The zero-order chi connectivity index (χ0) is 17.1. The van der Waals surface area contributed by atoms with Crippen molar-refractivity contribution in [2.45, 2.75) is 19.8 Å². The fourth-order valence-electron chi connectivity index (χ4n) is 3.10. The minimum atomic E-state index is -0.684. The number of hydrogen-bond acceptors (Lipinski definition) is 4. The van der Waals surface area contributed by atoms with E-state index in [0.717, 1.165) is 23.6 Å². The number of benzene rings is 2. The second-order valence-corrected chi connectivity index (χ2v) is 6.38. The van der Waals surface area contributed by atoms with Crippen molar-refractivity contribution in [1.29, 1.82) is 0 Å². The highest BCUT2D eigenvalue weighted by Crippen LogP contribution is 2.25. The van der Waals surface area contributed by atoms with Gasteiger partial charge in [0.1, 0.15) is 11.3 Å². The number of fused-ring (bicyclic) bond motifs is 1. The van der Waals surface area contributed by atoms with Crippen molar-refractivity contribution < 1.29 is 19.4 Å². The fourth-order valence-corrected chi connectivity index (χ4v) is 3.10. The molecule has 1 aliphatic rings. The molecule has 24 heavy (non-hydrogen) atoms. The Bertz CT molecular complexity index is 771. The van der Waals surface area contributed by atoms with E-state index in [2.05, 4.69) is 6.92 Å². The van der Waals surface area contributed by atoms with Crippen LogP contribution in [0.4, 0.5) is 0 Å². The van der Waals surface area contributed by atoms with Crippen LogP contribution in [0.25, 0.3) is 10.8 Å². The maximum atomic E-state index is 12.2. The first-order valence-corrected chi connectivity index (χ1v) is 8.21. The Labute approximate surface area is 140 Å². The Hall–Kier alpha value is -2.56. The minimum absolute atomic E-state index is 0.0773. The van der Waals surface area contributed by atoms with Crippen LogP contribution in [-0.4, -0.2) is 41.6 Å². The molecule has 1 fully saturated rings. The largest absolute Gasteiger partial charge is 0.507 e. The smallest absolute Gasteiger partial charge is 0.342 e. The number of amides is 1. The summed E-state index contributed by atoms with van der Waals surface area (Å²) in [6.07, 6.45) is 2.10. The molecule has 5 nitrogen and oxygen atoms in total. The summed E-state index contributed by atoms with van der Waals surface area (Å²) < 4.78 is 5.12. The summed E-state index contributed by atoms with van der Waals surface area (Å²) >= 11 is 0. The molecule has 1 amide bonds. The average Bonchev–Trinajstić information content (AvgIpc) is 2.58. The molecule has 3 rings (SSSR count). The molecular weight excluding hydrogens is 306 g/mol. The van der Waals surface area contributed by atoms with Crippen LogP contribution in [0.15, 0.2) is 36.4 Å². The number of rotatable bonds is 3. The first-order chi connectivity index (χ1) is 11.5. The summed E-state index contributed by atoms with van der Waals surface area (Å²) in [5.74, 6) is -0.535. The SMILES string of the molecule is C[C@H]1CCCN(C(=O)COC(=O)c2cc3ccccc3cc2O)C1. The number of carbonyl (C=O) groups excluding carboxylic acids is 2. The summed E-state index contributed by atoms with van der Waals surface area (Å²) in [5.41, 5.74) is 0.0773. The normalized spacial score (nSPS) is 17.7. The molecule has 2 aromatic rings.